The molecule has 2 rings (SSSR count). The van der Waals surface area contributed by atoms with Crippen molar-refractivity contribution < 1.29 is 18.3 Å². The number of nitrogens with zero attached hydrogens (tertiary/aromatic N) is 2. The van der Waals surface area contributed by atoms with Crippen molar-refractivity contribution in [2.24, 2.45) is 7.05 Å². The Labute approximate surface area is 110 Å². The molecular weight excluding hydrogens is 270 g/mol. The van der Waals surface area contributed by atoms with E-state index in [0.29, 0.717) is 5.75 Å². The van der Waals surface area contributed by atoms with E-state index < -0.39 is 10.0 Å². The quantitative estimate of drug-likeness (QED) is 0.814. The Morgan fingerprint density at radius 1 is 1.42 bits per heavy atom. The molecule has 0 bridgehead atoms. The molecule has 2 aromatic rings. The van der Waals surface area contributed by atoms with Crippen LogP contribution in [0.2, 0.25) is 0 Å². The minimum atomic E-state index is -3.82. The van der Waals surface area contributed by atoms with Gasteiger partial charge in [-0.2, -0.15) is 8.42 Å². The summed E-state index contributed by atoms with van der Waals surface area (Å²) in [6.07, 6.45) is 2.74. The lowest BCUT2D eigenvalue weighted by Gasteiger charge is -2.09. The summed E-state index contributed by atoms with van der Waals surface area (Å²) in [4.78, 5) is 3.75. The van der Waals surface area contributed by atoms with E-state index in [0.717, 1.165) is 0 Å². The van der Waals surface area contributed by atoms with Crippen LogP contribution in [-0.4, -0.2) is 30.2 Å². The number of hydrogen-bond donors (Lipinski definition) is 2. The number of phenols is 1. The minimum absolute atomic E-state index is 0.0615. The maximum Gasteiger partial charge on any atom is 0.281 e. The Morgan fingerprint density at radius 2 is 2.16 bits per heavy atom. The highest BCUT2D eigenvalue weighted by molar-refractivity contribution is 7.92. The monoisotopic (exact) mass is 283 g/mol. The highest BCUT2D eigenvalue weighted by Gasteiger charge is 2.18. The number of rotatable bonds is 4. The Bertz CT molecular complexity index is 694. The zero-order chi connectivity index (χ0) is 14.0. The predicted molar refractivity (Wildman–Crippen MR) is 68.7 cm³/mol. The van der Waals surface area contributed by atoms with Crippen LogP contribution in [0.25, 0.3) is 0 Å². The molecule has 1 aromatic heterocycles. The third kappa shape index (κ3) is 2.79. The Hall–Kier alpha value is -2.22. The summed E-state index contributed by atoms with van der Waals surface area (Å²) in [5.74, 6) is 0.206. The maximum atomic E-state index is 12.0. The molecule has 8 heteroatoms. The number of sulfonamides is 1. The molecule has 0 unspecified atom stereocenters. The predicted octanol–water partition coefficient (Wildman–Crippen LogP) is 0.935. The fourth-order valence-corrected chi connectivity index (χ4v) is 2.51. The van der Waals surface area contributed by atoms with Crippen LogP contribution >= 0.6 is 0 Å². The highest BCUT2D eigenvalue weighted by Crippen LogP contribution is 2.29. The highest BCUT2D eigenvalue weighted by atomic mass is 32.2. The minimum Gasteiger partial charge on any atom is -0.506 e. The number of benzene rings is 1. The third-order valence-electron chi connectivity index (χ3n) is 2.41. The normalized spacial score (nSPS) is 11.3. The second-order valence-corrected chi connectivity index (χ2v) is 5.50. The van der Waals surface area contributed by atoms with Gasteiger partial charge in [0.15, 0.2) is 5.03 Å². The summed E-state index contributed by atoms with van der Waals surface area (Å²) in [5.41, 5.74) is 0.0615. The van der Waals surface area contributed by atoms with Crippen molar-refractivity contribution in [3.8, 4) is 11.5 Å². The van der Waals surface area contributed by atoms with Gasteiger partial charge in [0.1, 0.15) is 11.5 Å². The zero-order valence-electron chi connectivity index (χ0n) is 10.4. The van der Waals surface area contributed by atoms with Crippen molar-refractivity contribution in [1.29, 1.82) is 0 Å². The van der Waals surface area contributed by atoms with E-state index in [9.17, 15) is 13.5 Å². The molecule has 1 aromatic carbocycles. The standard InChI is InChI=1S/C11H13N3O4S/c1-14-6-11(12-7-14)19(16,17)13-9-4-3-8(18-2)5-10(9)15/h3-7,13,15H,1-2H3. The summed E-state index contributed by atoms with van der Waals surface area (Å²) in [6, 6.07) is 4.26. The smallest absolute Gasteiger partial charge is 0.281 e. The summed E-state index contributed by atoms with van der Waals surface area (Å²) in [6.45, 7) is 0. The van der Waals surface area contributed by atoms with E-state index in [-0.39, 0.29) is 16.5 Å². The maximum absolute atomic E-state index is 12.0. The van der Waals surface area contributed by atoms with Gasteiger partial charge in [-0.05, 0) is 12.1 Å². The van der Waals surface area contributed by atoms with Gasteiger partial charge in [-0.15, -0.1) is 0 Å². The zero-order valence-corrected chi connectivity index (χ0v) is 11.2. The Kier molecular flexibility index (Phi) is 3.34. The number of phenolic OH excluding ortho intramolecular Hbond substituents is 1. The van der Waals surface area contributed by atoms with Crippen molar-refractivity contribution in [2.45, 2.75) is 5.03 Å². The largest absolute Gasteiger partial charge is 0.506 e. The SMILES string of the molecule is COc1ccc(NS(=O)(=O)c2cn(C)cn2)c(O)c1. The van der Waals surface area contributed by atoms with Gasteiger partial charge in [-0.1, -0.05) is 0 Å². The number of aryl methyl sites for hydroxylation is 1. The molecule has 0 spiro atoms. The molecular formula is C11H13N3O4S. The molecule has 102 valence electrons. The second-order valence-electron chi connectivity index (χ2n) is 3.87. The van der Waals surface area contributed by atoms with Crippen LogP contribution in [0.4, 0.5) is 5.69 Å². The van der Waals surface area contributed by atoms with E-state index in [1.165, 1.54) is 42.4 Å². The molecule has 0 amide bonds. The number of ether oxygens (including phenoxy) is 1. The molecule has 0 atom stereocenters. The molecule has 0 aliphatic carbocycles. The van der Waals surface area contributed by atoms with Crippen molar-refractivity contribution in [1.82, 2.24) is 9.55 Å². The van der Waals surface area contributed by atoms with Crippen LogP contribution in [0.1, 0.15) is 0 Å². The van der Waals surface area contributed by atoms with E-state index in [2.05, 4.69) is 9.71 Å². The Morgan fingerprint density at radius 3 is 2.68 bits per heavy atom. The summed E-state index contributed by atoms with van der Waals surface area (Å²) in [5, 5.41) is 9.59. The summed E-state index contributed by atoms with van der Waals surface area (Å²) in [7, 11) is -0.703. The lowest BCUT2D eigenvalue weighted by atomic mass is 10.3. The lowest BCUT2D eigenvalue weighted by molar-refractivity contribution is 0.408. The van der Waals surface area contributed by atoms with E-state index in [1.807, 2.05) is 0 Å². The Balaban J connectivity index is 2.30. The van der Waals surface area contributed by atoms with E-state index in [4.69, 9.17) is 4.74 Å². The average Bonchev–Trinajstić information content (AvgIpc) is 2.79. The number of imidazole rings is 1. The molecule has 7 nitrogen and oxygen atoms in total. The van der Waals surface area contributed by atoms with Gasteiger partial charge in [0.2, 0.25) is 0 Å². The molecule has 2 N–H and O–H groups in total. The van der Waals surface area contributed by atoms with Gasteiger partial charge in [0.25, 0.3) is 10.0 Å². The molecule has 0 radical (unpaired) electrons. The fraction of sp³-hybridized carbons (Fsp3) is 0.182. The lowest BCUT2D eigenvalue weighted by Crippen LogP contribution is -2.13. The van der Waals surface area contributed by atoms with Crippen molar-refractivity contribution in [3.05, 3.63) is 30.7 Å². The molecule has 0 fully saturated rings. The number of hydrogen-bond acceptors (Lipinski definition) is 5. The van der Waals surface area contributed by atoms with Gasteiger partial charge in [-0.3, -0.25) is 4.72 Å². The van der Waals surface area contributed by atoms with Gasteiger partial charge in [-0.25, -0.2) is 4.98 Å². The van der Waals surface area contributed by atoms with Crippen LogP contribution in [-0.2, 0) is 17.1 Å². The number of nitrogens with one attached hydrogen (secondary N) is 1. The molecule has 0 saturated carbocycles. The van der Waals surface area contributed by atoms with Crippen LogP contribution < -0.4 is 9.46 Å². The first kappa shape index (κ1) is 13.2. The van der Waals surface area contributed by atoms with Gasteiger partial charge < -0.3 is 14.4 Å². The topological polar surface area (TPSA) is 93.5 Å². The average molecular weight is 283 g/mol. The van der Waals surface area contributed by atoms with Crippen molar-refractivity contribution in [2.75, 3.05) is 11.8 Å². The van der Waals surface area contributed by atoms with Crippen LogP contribution in [0.5, 0.6) is 11.5 Å². The molecule has 0 aliphatic rings. The molecule has 0 saturated heterocycles. The summed E-state index contributed by atoms with van der Waals surface area (Å²) >= 11 is 0. The van der Waals surface area contributed by atoms with Crippen LogP contribution in [0.3, 0.4) is 0 Å². The van der Waals surface area contributed by atoms with Crippen LogP contribution in [0, 0.1) is 0 Å². The number of aromatic nitrogens is 2. The number of aromatic hydroxyl groups is 1. The first-order chi connectivity index (χ1) is 8.92. The van der Waals surface area contributed by atoms with Crippen molar-refractivity contribution in [3.63, 3.8) is 0 Å². The van der Waals surface area contributed by atoms with Crippen molar-refractivity contribution >= 4 is 15.7 Å². The summed E-state index contributed by atoms with van der Waals surface area (Å²) < 4.78 is 32.7. The van der Waals surface area contributed by atoms with Gasteiger partial charge in [0, 0.05) is 19.3 Å². The number of methoxy groups -OCH3 is 1. The number of anilines is 1. The first-order valence-corrected chi connectivity index (χ1v) is 6.78. The first-order valence-electron chi connectivity index (χ1n) is 5.30. The van der Waals surface area contributed by atoms with Crippen LogP contribution in [0.15, 0.2) is 35.7 Å². The molecule has 0 aliphatic heterocycles. The third-order valence-corrected chi connectivity index (χ3v) is 3.66. The van der Waals surface area contributed by atoms with Gasteiger partial charge in [0.05, 0.1) is 19.1 Å². The van der Waals surface area contributed by atoms with E-state index in [1.54, 1.807) is 7.05 Å². The van der Waals surface area contributed by atoms with Gasteiger partial charge >= 0.3 is 0 Å². The molecule has 1 heterocycles. The van der Waals surface area contributed by atoms with E-state index >= 15 is 0 Å². The molecule has 19 heavy (non-hydrogen) atoms. The second kappa shape index (κ2) is 4.81. The fourth-order valence-electron chi connectivity index (χ4n) is 1.45.